The number of hydrogen-bond donors (Lipinski definition) is 3. The van der Waals surface area contributed by atoms with Crippen LogP contribution in [-0.2, 0) is 9.59 Å². The minimum Gasteiger partial charge on any atom is -0.484 e. The summed E-state index contributed by atoms with van der Waals surface area (Å²) in [5.41, 5.74) is 5.70. The van der Waals surface area contributed by atoms with Crippen LogP contribution in [0.4, 0.5) is 0 Å². The predicted octanol–water partition coefficient (Wildman–Crippen LogP) is 1.43. The third-order valence-electron chi connectivity index (χ3n) is 3.91. The third kappa shape index (κ3) is 5.70. The Morgan fingerprint density at radius 2 is 1.48 bits per heavy atom. The highest BCUT2D eigenvalue weighted by Gasteiger charge is 2.13. The number of amides is 3. The molecule has 0 atom stereocenters. The molecule has 0 unspecified atom stereocenters. The van der Waals surface area contributed by atoms with Crippen LogP contribution in [0.3, 0.4) is 0 Å². The van der Waals surface area contributed by atoms with E-state index in [-0.39, 0.29) is 13.2 Å². The second-order valence-corrected chi connectivity index (χ2v) is 5.99. The van der Waals surface area contributed by atoms with Crippen molar-refractivity contribution < 1.29 is 19.1 Å². The Hall–Kier alpha value is -4.07. The Morgan fingerprint density at radius 3 is 2.24 bits per heavy atom. The Balaban J connectivity index is 1.44. The molecule has 0 saturated heterocycles. The van der Waals surface area contributed by atoms with Gasteiger partial charge in [-0.05, 0) is 36.4 Å². The number of carbonyl (C=O) groups is 3. The number of rotatable bonds is 7. The predicted molar refractivity (Wildman–Crippen MR) is 106 cm³/mol. The highest BCUT2D eigenvalue weighted by atomic mass is 16.5. The summed E-state index contributed by atoms with van der Waals surface area (Å²) < 4.78 is 7.08. The summed E-state index contributed by atoms with van der Waals surface area (Å²) in [7, 11) is 0. The third-order valence-corrected chi connectivity index (χ3v) is 3.91. The van der Waals surface area contributed by atoms with Gasteiger partial charge in [0, 0.05) is 12.4 Å². The fourth-order valence-corrected chi connectivity index (χ4v) is 2.52. The molecule has 3 rings (SSSR count). The number of hydrazine groups is 1. The zero-order chi connectivity index (χ0) is 20.5. The van der Waals surface area contributed by atoms with Crippen molar-refractivity contribution in [3.8, 4) is 11.4 Å². The zero-order valence-electron chi connectivity index (χ0n) is 15.5. The molecule has 0 bridgehead atoms. The first-order chi connectivity index (χ1) is 14.1. The molecule has 0 saturated carbocycles. The van der Waals surface area contributed by atoms with Crippen molar-refractivity contribution in [3.63, 3.8) is 0 Å². The molecule has 1 aromatic heterocycles. The van der Waals surface area contributed by atoms with Gasteiger partial charge in [-0.25, -0.2) is 0 Å². The van der Waals surface area contributed by atoms with Crippen LogP contribution in [0.2, 0.25) is 0 Å². The van der Waals surface area contributed by atoms with Crippen LogP contribution in [-0.4, -0.2) is 35.4 Å². The van der Waals surface area contributed by atoms with Gasteiger partial charge in [0.25, 0.3) is 17.7 Å². The van der Waals surface area contributed by atoms with E-state index >= 15 is 0 Å². The van der Waals surface area contributed by atoms with Crippen LogP contribution < -0.4 is 20.9 Å². The lowest BCUT2D eigenvalue weighted by Gasteiger charge is -2.12. The Morgan fingerprint density at radius 1 is 0.793 bits per heavy atom. The van der Waals surface area contributed by atoms with E-state index in [9.17, 15) is 14.4 Å². The van der Waals surface area contributed by atoms with Gasteiger partial charge < -0.3 is 14.6 Å². The molecule has 29 heavy (non-hydrogen) atoms. The summed E-state index contributed by atoms with van der Waals surface area (Å²) >= 11 is 0. The Kier molecular flexibility index (Phi) is 6.62. The number of para-hydroxylation sites is 2. The normalized spacial score (nSPS) is 10.1. The van der Waals surface area contributed by atoms with Gasteiger partial charge >= 0.3 is 0 Å². The van der Waals surface area contributed by atoms with Gasteiger partial charge in [0.05, 0.1) is 17.8 Å². The molecule has 2 aromatic carbocycles. The topological polar surface area (TPSA) is 101 Å². The number of ether oxygens (including phenoxy) is 1. The molecule has 0 aliphatic carbocycles. The first-order valence-electron chi connectivity index (χ1n) is 8.89. The van der Waals surface area contributed by atoms with Crippen LogP contribution in [0.5, 0.6) is 5.75 Å². The number of nitrogens with zero attached hydrogens (tertiary/aromatic N) is 1. The van der Waals surface area contributed by atoms with E-state index in [0.717, 1.165) is 0 Å². The second-order valence-electron chi connectivity index (χ2n) is 5.99. The Bertz CT molecular complexity index is 971. The van der Waals surface area contributed by atoms with Crippen molar-refractivity contribution >= 4 is 17.7 Å². The number of carbonyl (C=O) groups excluding carboxylic acids is 3. The highest BCUT2D eigenvalue weighted by molar-refractivity contribution is 5.99. The second kappa shape index (κ2) is 9.75. The lowest BCUT2D eigenvalue weighted by molar-refractivity contribution is -0.127. The summed E-state index contributed by atoms with van der Waals surface area (Å²) in [6.07, 6.45) is 3.63. The van der Waals surface area contributed by atoms with Crippen LogP contribution in [0.15, 0.2) is 79.1 Å². The Labute approximate surface area is 167 Å². The van der Waals surface area contributed by atoms with Gasteiger partial charge in [0.1, 0.15) is 5.75 Å². The minimum absolute atomic E-state index is 0.214. The smallest absolute Gasteiger partial charge is 0.271 e. The van der Waals surface area contributed by atoms with Crippen molar-refractivity contribution in [2.45, 2.75) is 0 Å². The standard InChI is InChI=1S/C21H20N4O4/c26-19(14-22-20(27)15-29-16-8-2-1-3-9-16)23-24-21(28)17-10-4-5-11-18(17)25-12-6-7-13-25/h1-13H,14-15H2,(H,22,27)(H,23,26)(H,24,28). The quantitative estimate of drug-likeness (QED) is 0.530. The molecule has 0 spiro atoms. The summed E-state index contributed by atoms with van der Waals surface area (Å²) in [5.74, 6) is -0.930. The van der Waals surface area contributed by atoms with E-state index in [1.807, 2.05) is 36.7 Å². The average molecular weight is 392 g/mol. The molecule has 0 fully saturated rings. The highest BCUT2D eigenvalue weighted by Crippen LogP contribution is 2.14. The van der Waals surface area contributed by atoms with Crippen LogP contribution in [0.1, 0.15) is 10.4 Å². The molecular formula is C21H20N4O4. The average Bonchev–Trinajstić information content (AvgIpc) is 3.30. The molecule has 0 aliphatic rings. The van der Waals surface area contributed by atoms with Gasteiger partial charge in [-0.3, -0.25) is 25.2 Å². The number of benzene rings is 2. The lowest BCUT2D eigenvalue weighted by atomic mass is 10.1. The molecule has 3 N–H and O–H groups in total. The monoisotopic (exact) mass is 392 g/mol. The maximum Gasteiger partial charge on any atom is 0.271 e. The SMILES string of the molecule is O=C(COc1ccccc1)NCC(=O)NNC(=O)c1ccccc1-n1cccc1. The van der Waals surface area contributed by atoms with Crippen molar-refractivity contribution in [3.05, 3.63) is 84.7 Å². The van der Waals surface area contributed by atoms with Crippen molar-refractivity contribution in [1.29, 1.82) is 0 Å². The van der Waals surface area contributed by atoms with E-state index in [1.165, 1.54) is 0 Å². The van der Waals surface area contributed by atoms with Crippen molar-refractivity contribution in [2.75, 3.05) is 13.2 Å². The fraction of sp³-hybridized carbons (Fsp3) is 0.0952. The molecule has 8 nitrogen and oxygen atoms in total. The summed E-state index contributed by atoms with van der Waals surface area (Å²) in [5, 5.41) is 2.42. The maximum absolute atomic E-state index is 12.4. The van der Waals surface area contributed by atoms with Crippen LogP contribution >= 0.6 is 0 Å². The van der Waals surface area contributed by atoms with Crippen LogP contribution in [0, 0.1) is 0 Å². The van der Waals surface area contributed by atoms with Gasteiger partial charge in [0.15, 0.2) is 6.61 Å². The minimum atomic E-state index is -0.565. The molecule has 0 radical (unpaired) electrons. The molecule has 148 valence electrons. The first-order valence-corrected chi connectivity index (χ1v) is 8.89. The van der Waals surface area contributed by atoms with Gasteiger partial charge in [-0.15, -0.1) is 0 Å². The number of hydrogen-bond acceptors (Lipinski definition) is 4. The summed E-state index contributed by atoms with van der Waals surface area (Å²) in [6.45, 7) is -0.510. The number of aromatic nitrogens is 1. The first kappa shape index (κ1) is 19.7. The summed E-state index contributed by atoms with van der Waals surface area (Å²) in [4.78, 5) is 36.1. The number of nitrogens with one attached hydrogen (secondary N) is 3. The fourth-order valence-electron chi connectivity index (χ4n) is 2.52. The molecular weight excluding hydrogens is 372 g/mol. The van der Waals surface area contributed by atoms with Gasteiger partial charge in [0.2, 0.25) is 0 Å². The van der Waals surface area contributed by atoms with Crippen LogP contribution in [0.25, 0.3) is 5.69 Å². The van der Waals surface area contributed by atoms with Gasteiger partial charge in [-0.2, -0.15) is 0 Å². The van der Waals surface area contributed by atoms with E-state index in [4.69, 9.17) is 4.74 Å². The largest absolute Gasteiger partial charge is 0.484 e. The molecule has 0 aliphatic heterocycles. The molecule has 1 heterocycles. The molecule has 8 heteroatoms. The summed E-state index contributed by atoms with van der Waals surface area (Å²) in [6, 6.07) is 19.6. The van der Waals surface area contributed by atoms with E-state index in [0.29, 0.717) is 17.0 Å². The van der Waals surface area contributed by atoms with E-state index < -0.39 is 17.7 Å². The molecule has 3 aromatic rings. The van der Waals surface area contributed by atoms with E-state index in [1.54, 1.807) is 47.0 Å². The van der Waals surface area contributed by atoms with Gasteiger partial charge in [-0.1, -0.05) is 30.3 Å². The van der Waals surface area contributed by atoms with Crippen molar-refractivity contribution in [1.82, 2.24) is 20.7 Å². The lowest BCUT2D eigenvalue weighted by Crippen LogP contribution is -2.47. The van der Waals surface area contributed by atoms with E-state index in [2.05, 4.69) is 16.2 Å². The zero-order valence-corrected chi connectivity index (χ0v) is 15.5. The van der Waals surface area contributed by atoms with Crippen molar-refractivity contribution in [2.24, 2.45) is 0 Å². The maximum atomic E-state index is 12.4. The molecule has 3 amide bonds.